The highest BCUT2D eigenvalue weighted by Gasteiger charge is 2.10. The number of aromatic nitrogens is 2. The van der Waals surface area contributed by atoms with Crippen LogP contribution in [-0.4, -0.2) is 33.0 Å². The molecule has 0 atom stereocenters. The van der Waals surface area contributed by atoms with E-state index in [-0.39, 0.29) is 29.1 Å². The molecule has 3 rings (SSSR count). The Labute approximate surface area is 167 Å². The molecule has 0 bridgehead atoms. The Balaban J connectivity index is 1.64. The fourth-order valence-corrected chi connectivity index (χ4v) is 4.09. The van der Waals surface area contributed by atoms with Crippen LogP contribution in [0.1, 0.15) is 5.76 Å². The number of carbonyl (C=O) groups is 2. The topological polar surface area (TPSA) is 89.5 Å². The molecule has 0 saturated carbocycles. The number of nitrogens with one attached hydrogen (secondary N) is 1. The van der Waals surface area contributed by atoms with Crippen molar-refractivity contribution in [3.63, 3.8) is 0 Å². The zero-order chi connectivity index (χ0) is 20.1. The number of hydrogen-bond donors (Lipinski definition) is 1. The summed E-state index contributed by atoms with van der Waals surface area (Å²) >= 11 is 2.38. The lowest BCUT2D eigenvalue weighted by atomic mass is 10.3. The molecule has 0 aliphatic carbocycles. The monoisotopic (exact) mass is 420 g/mol. The average molecular weight is 420 g/mol. The van der Waals surface area contributed by atoms with Gasteiger partial charge in [0.25, 0.3) is 5.91 Å². The van der Waals surface area contributed by atoms with Gasteiger partial charge >= 0.3 is 0 Å². The molecule has 0 fully saturated rings. The van der Waals surface area contributed by atoms with Crippen LogP contribution in [0, 0.1) is 12.7 Å². The van der Waals surface area contributed by atoms with Crippen LogP contribution in [0.25, 0.3) is 10.2 Å². The summed E-state index contributed by atoms with van der Waals surface area (Å²) in [5, 5.41) is 6.25. The van der Waals surface area contributed by atoms with E-state index in [2.05, 4.69) is 22.0 Å². The van der Waals surface area contributed by atoms with Gasteiger partial charge in [0.15, 0.2) is 10.6 Å². The number of rotatable bonds is 7. The second kappa shape index (κ2) is 8.98. The van der Waals surface area contributed by atoms with Crippen molar-refractivity contribution in [3.05, 3.63) is 53.3 Å². The molecule has 1 aromatic carbocycles. The summed E-state index contributed by atoms with van der Waals surface area (Å²) in [6.07, 6.45) is 1.68. The van der Waals surface area contributed by atoms with Crippen molar-refractivity contribution in [2.24, 2.45) is 4.99 Å². The van der Waals surface area contributed by atoms with Crippen molar-refractivity contribution in [2.75, 3.05) is 16.8 Å². The summed E-state index contributed by atoms with van der Waals surface area (Å²) < 4.78 is 20.8. The number of fused-ring (bicyclic) bond motifs is 1. The van der Waals surface area contributed by atoms with E-state index < -0.39 is 0 Å². The SMILES string of the molecule is C=CCn1c(=NC(=O)CSCC(=O)Nc2cc(C)on2)sc2cc(F)ccc21. The number of thiazole rings is 1. The zero-order valence-electron chi connectivity index (χ0n) is 15.0. The fraction of sp³-hybridized carbons (Fsp3) is 0.222. The average Bonchev–Trinajstić information content (AvgIpc) is 3.18. The van der Waals surface area contributed by atoms with Crippen molar-refractivity contribution in [2.45, 2.75) is 13.5 Å². The third-order valence-electron chi connectivity index (χ3n) is 3.53. The summed E-state index contributed by atoms with van der Waals surface area (Å²) in [6.45, 7) is 5.88. The second-order valence-corrected chi connectivity index (χ2v) is 7.76. The van der Waals surface area contributed by atoms with Gasteiger partial charge in [-0.25, -0.2) is 4.39 Å². The van der Waals surface area contributed by atoms with E-state index in [1.165, 1.54) is 23.5 Å². The summed E-state index contributed by atoms with van der Waals surface area (Å²) in [5.41, 5.74) is 0.785. The first kappa shape index (κ1) is 20.0. The van der Waals surface area contributed by atoms with Gasteiger partial charge in [-0.3, -0.25) is 9.59 Å². The first-order chi connectivity index (χ1) is 13.5. The van der Waals surface area contributed by atoms with Crippen molar-refractivity contribution in [1.82, 2.24) is 9.72 Å². The molecule has 0 aliphatic heterocycles. The maximum atomic E-state index is 13.5. The number of hydrogen-bond acceptors (Lipinski definition) is 6. The molecule has 2 aromatic heterocycles. The number of aryl methyl sites for hydroxylation is 1. The lowest BCUT2D eigenvalue weighted by Gasteiger charge is -2.01. The molecule has 28 heavy (non-hydrogen) atoms. The predicted octanol–water partition coefficient (Wildman–Crippen LogP) is 3.12. The molecular formula is C18H17FN4O3S2. The highest BCUT2D eigenvalue weighted by molar-refractivity contribution is 8.00. The Morgan fingerprint density at radius 3 is 2.96 bits per heavy atom. The molecular weight excluding hydrogens is 403 g/mol. The number of benzene rings is 1. The highest BCUT2D eigenvalue weighted by Crippen LogP contribution is 2.18. The molecule has 0 radical (unpaired) electrons. The largest absolute Gasteiger partial charge is 0.360 e. The first-order valence-corrected chi connectivity index (χ1v) is 10.2. The number of anilines is 1. The molecule has 2 heterocycles. The van der Waals surface area contributed by atoms with Crippen LogP contribution >= 0.6 is 23.1 Å². The van der Waals surface area contributed by atoms with Crippen molar-refractivity contribution in [3.8, 4) is 0 Å². The Bertz CT molecular complexity index is 1100. The van der Waals surface area contributed by atoms with Crippen molar-refractivity contribution >= 4 is 50.9 Å². The maximum Gasteiger partial charge on any atom is 0.258 e. The number of halogens is 1. The molecule has 146 valence electrons. The number of nitrogens with zero attached hydrogens (tertiary/aromatic N) is 3. The zero-order valence-corrected chi connectivity index (χ0v) is 16.6. The first-order valence-electron chi connectivity index (χ1n) is 8.24. The summed E-state index contributed by atoms with van der Waals surface area (Å²) in [7, 11) is 0. The molecule has 2 amide bonds. The maximum absolute atomic E-state index is 13.5. The van der Waals surface area contributed by atoms with E-state index in [1.54, 1.807) is 29.7 Å². The second-order valence-electron chi connectivity index (χ2n) is 5.77. The molecule has 0 aliphatic rings. The lowest BCUT2D eigenvalue weighted by molar-refractivity contribution is -0.115. The van der Waals surface area contributed by atoms with Gasteiger partial charge in [-0.1, -0.05) is 22.6 Å². The van der Waals surface area contributed by atoms with E-state index in [9.17, 15) is 14.0 Å². The molecule has 10 heteroatoms. The summed E-state index contributed by atoms with van der Waals surface area (Å²) in [6, 6.07) is 6.03. The predicted molar refractivity (Wildman–Crippen MR) is 108 cm³/mol. The molecule has 3 aromatic rings. The van der Waals surface area contributed by atoms with Gasteiger partial charge in [0, 0.05) is 12.6 Å². The summed E-state index contributed by atoms with van der Waals surface area (Å²) in [4.78, 5) is 28.6. The van der Waals surface area contributed by atoms with Gasteiger partial charge in [-0.05, 0) is 25.1 Å². The van der Waals surface area contributed by atoms with E-state index in [0.29, 0.717) is 27.6 Å². The van der Waals surface area contributed by atoms with E-state index in [4.69, 9.17) is 4.52 Å². The minimum absolute atomic E-state index is 0.0436. The minimum atomic E-state index is -0.375. The van der Waals surface area contributed by atoms with Crippen LogP contribution in [0.3, 0.4) is 0 Å². The lowest BCUT2D eigenvalue weighted by Crippen LogP contribution is -2.18. The normalized spacial score (nSPS) is 11.7. The Kier molecular flexibility index (Phi) is 6.42. The number of thioether (sulfide) groups is 1. The third kappa shape index (κ3) is 4.96. The molecule has 1 N–H and O–H groups in total. The van der Waals surface area contributed by atoms with Gasteiger partial charge in [-0.15, -0.1) is 18.3 Å². The van der Waals surface area contributed by atoms with Gasteiger partial charge in [0.2, 0.25) is 5.91 Å². The number of allylic oxidation sites excluding steroid dienone is 1. The molecule has 0 unspecified atom stereocenters. The van der Waals surface area contributed by atoms with E-state index in [1.807, 2.05) is 0 Å². The Morgan fingerprint density at radius 2 is 2.25 bits per heavy atom. The minimum Gasteiger partial charge on any atom is -0.360 e. The fourth-order valence-electron chi connectivity index (χ4n) is 2.41. The van der Waals surface area contributed by atoms with Crippen LogP contribution in [0.5, 0.6) is 0 Å². The van der Waals surface area contributed by atoms with Gasteiger partial charge < -0.3 is 14.4 Å². The Morgan fingerprint density at radius 1 is 1.43 bits per heavy atom. The van der Waals surface area contributed by atoms with Gasteiger partial charge in [0.1, 0.15) is 11.6 Å². The van der Waals surface area contributed by atoms with Crippen molar-refractivity contribution < 1.29 is 18.5 Å². The van der Waals surface area contributed by atoms with Gasteiger partial charge in [0.05, 0.1) is 21.7 Å². The van der Waals surface area contributed by atoms with Crippen LogP contribution in [0.15, 0.2) is 46.4 Å². The molecule has 7 nitrogen and oxygen atoms in total. The number of amides is 2. The quantitative estimate of drug-likeness (QED) is 0.593. The van der Waals surface area contributed by atoms with Crippen molar-refractivity contribution in [1.29, 1.82) is 0 Å². The Hall–Kier alpha value is -2.72. The smallest absolute Gasteiger partial charge is 0.258 e. The van der Waals surface area contributed by atoms with Crippen LogP contribution in [0.2, 0.25) is 0 Å². The van der Waals surface area contributed by atoms with Gasteiger partial charge in [-0.2, -0.15) is 4.99 Å². The summed E-state index contributed by atoms with van der Waals surface area (Å²) in [5.74, 6) is 0.0424. The standard InChI is InChI=1S/C18H17FN4O3S2/c1-3-6-23-13-5-4-12(19)8-14(13)28-18(23)21-17(25)10-27-9-16(24)20-15-7-11(2)26-22-15/h3-5,7-8H,1,6,9-10H2,2H3,(H,20,22,24). The van der Waals surface area contributed by atoms with E-state index in [0.717, 1.165) is 17.3 Å². The molecule has 0 saturated heterocycles. The molecule has 0 spiro atoms. The third-order valence-corrected chi connectivity index (χ3v) is 5.49. The van der Waals surface area contributed by atoms with Crippen LogP contribution in [-0.2, 0) is 16.1 Å². The van der Waals surface area contributed by atoms with Crippen LogP contribution in [0.4, 0.5) is 10.2 Å². The van der Waals surface area contributed by atoms with E-state index >= 15 is 0 Å². The highest BCUT2D eigenvalue weighted by atomic mass is 32.2. The number of carbonyl (C=O) groups excluding carboxylic acids is 2. The van der Waals surface area contributed by atoms with Crippen LogP contribution < -0.4 is 10.1 Å².